The summed E-state index contributed by atoms with van der Waals surface area (Å²) in [6, 6.07) is 12.1. The Kier molecular flexibility index (Phi) is 4.24. The summed E-state index contributed by atoms with van der Waals surface area (Å²) in [6.07, 6.45) is 8.37. The molecule has 3 heterocycles. The smallest absolute Gasteiger partial charge is 0.123 e. The van der Waals surface area contributed by atoms with Crippen LogP contribution in [0.4, 0.5) is 0 Å². The number of pyridine rings is 1. The Morgan fingerprint density at radius 2 is 1.92 bits per heavy atom. The zero-order valence-electron chi connectivity index (χ0n) is 14.2. The number of H-pyrrole nitrogens is 1. The van der Waals surface area contributed by atoms with Gasteiger partial charge in [-0.1, -0.05) is 12.1 Å². The van der Waals surface area contributed by atoms with Crippen LogP contribution in [-0.4, -0.2) is 38.6 Å². The van der Waals surface area contributed by atoms with Gasteiger partial charge in [-0.2, -0.15) is 0 Å². The number of aromatic amines is 1. The normalized spacial score (nSPS) is 24.3. The summed E-state index contributed by atoms with van der Waals surface area (Å²) in [6.45, 7) is 0.905. The third-order valence-corrected chi connectivity index (χ3v) is 5.25. The number of likely N-dealkylation sites (tertiary alicyclic amines) is 1. The van der Waals surface area contributed by atoms with Crippen molar-refractivity contribution in [2.75, 3.05) is 13.6 Å². The Morgan fingerprint density at radius 1 is 1.08 bits per heavy atom. The number of hydrogen-bond acceptors (Lipinski definition) is 4. The first-order chi connectivity index (χ1) is 12.2. The number of piperidine rings is 1. The Balaban J connectivity index is 1.72. The zero-order chi connectivity index (χ0) is 17.2. The van der Waals surface area contributed by atoms with E-state index in [4.69, 9.17) is 0 Å². The molecule has 1 saturated heterocycles. The van der Waals surface area contributed by atoms with E-state index in [1.165, 1.54) is 11.1 Å². The number of phenols is 1. The van der Waals surface area contributed by atoms with Gasteiger partial charge < -0.3 is 10.1 Å². The topological polar surface area (TPSA) is 65.0 Å². The summed E-state index contributed by atoms with van der Waals surface area (Å²) in [4.78, 5) is 14.3. The lowest BCUT2D eigenvalue weighted by Gasteiger charge is -2.42. The molecule has 2 N–H and O–H groups in total. The predicted octanol–water partition coefficient (Wildman–Crippen LogP) is 3.45. The summed E-state index contributed by atoms with van der Waals surface area (Å²) < 4.78 is 0. The second-order valence-corrected chi connectivity index (χ2v) is 6.75. The lowest BCUT2D eigenvalue weighted by Crippen LogP contribution is -2.38. The third-order valence-electron chi connectivity index (χ3n) is 5.25. The first kappa shape index (κ1) is 15.8. The van der Waals surface area contributed by atoms with Crippen LogP contribution in [0.15, 0.2) is 61.2 Å². The van der Waals surface area contributed by atoms with Gasteiger partial charge in [-0.25, -0.2) is 4.98 Å². The highest BCUT2D eigenvalue weighted by molar-refractivity contribution is 5.34. The molecule has 128 valence electrons. The van der Waals surface area contributed by atoms with Crippen LogP contribution in [-0.2, 0) is 0 Å². The van der Waals surface area contributed by atoms with Gasteiger partial charge in [0.2, 0.25) is 0 Å². The van der Waals surface area contributed by atoms with E-state index in [2.05, 4.69) is 45.1 Å². The minimum Gasteiger partial charge on any atom is -0.508 e. The van der Waals surface area contributed by atoms with E-state index in [0.717, 1.165) is 18.8 Å². The maximum atomic E-state index is 9.93. The van der Waals surface area contributed by atoms with E-state index < -0.39 is 0 Å². The average molecular weight is 334 g/mol. The molecule has 0 bridgehead atoms. The zero-order valence-corrected chi connectivity index (χ0v) is 14.2. The highest BCUT2D eigenvalue weighted by atomic mass is 16.3. The van der Waals surface area contributed by atoms with Crippen molar-refractivity contribution in [3.63, 3.8) is 0 Å². The van der Waals surface area contributed by atoms with Crippen LogP contribution >= 0.6 is 0 Å². The molecule has 1 aromatic carbocycles. The van der Waals surface area contributed by atoms with Crippen molar-refractivity contribution in [1.82, 2.24) is 19.9 Å². The number of hydrogen-bond donors (Lipinski definition) is 2. The number of benzene rings is 1. The van der Waals surface area contributed by atoms with Crippen molar-refractivity contribution < 1.29 is 5.11 Å². The lowest BCUT2D eigenvalue weighted by atomic mass is 9.74. The molecule has 0 spiro atoms. The van der Waals surface area contributed by atoms with E-state index in [-0.39, 0.29) is 6.04 Å². The molecule has 0 radical (unpaired) electrons. The molecule has 5 heteroatoms. The van der Waals surface area contributed by atoms with Gasteiger partial charge in [-0.3, -0.25) is 9.88 Å². The largest absolute Gasteiger partial charge is 0.508 e. The summed E-state index contributed by atoms with van der Waals surface area (Å²) in [5.74, 6) is 1.99. The molecule has 1 aliphatic heterocycles. The number of nitrogens with one attached hydrogen (secondary N) is 1. The summed E-state index contributed by atoms with van der Waals surface area (Å²) >= 11 is 0. The van der Waals surface area contributed by atoms with Crippen molar-refractivity contribution >= 4 is 0 Å². The van der Waals surface area contributed by atoms with E-state index in [0.29, 0.717) is 17.6 Å². The molecule has 4 rings (SSSR count). The van der Waals surface area contributed by atoms with Gasteiger partial charge in [0.15, 0.2) is 0 Å². The molecular weight excluding hydrogens is 312 g/mol. The number of phenolic OH excluding ortho intramolecular Hbond substituents is 1. The SMILES string of the molecule is CN1CC(c2cccc(O)c2)C(c2ccncc2)CC1c1ncc[nH]1. The van der Waals surface area contributed by atoms with Crippen LogP contribution in [0.25, 0.3) is 0 Å². The maximum absolute atomic E-state index is 9.93. The molecule has 3 aromatic rings. The van der Waals surface area contributed by atoms with Gasteiger partial charge in [0, 0.05) is 37.3 Å². The fourth-order valence-electron chi connectivity index (χ4n) is 4.00. The minimum atomic E-state index is 0.252. The molecule has 0 saturated carbocycles. The predicted molar refractivity (Wildman–Crippen MR) is 96.4 cm³/mol. The lowest BCUT2D eigenvalue weighted by molar-refractivity contribution is 0.143. The molecule has 3 unspecified atom stereocenters. The molecule has 3 atom stereocenters. The summed E-state index contributed by atoms with van der Waals surface area (Å²) in [5.41, 5.74) is 2.46. The second kappa shape index (κ2) is 6.69. The molecule has 25 heavy (non-hydrogen) atoms. The van der Waals surface area contributed by atoms with Crippen molar-refractivity contribution in [3.8, 4) is 5.75 Å². The van der Waals surface area contributed by atoms with Gasteiger partial charge in [-0.15, -0.1) is 0 Å². The average Bonchev–Trinajstić information content (AvgIpc) is 3.16. The Morgan fingerprint density at radius 3 is 2.64 bits per heavy atom. The molecule has 1 fully saturated rings. The molecule has 0 aliphatic carbocycles. The number of nitrogens with zero attached hydrogens (tertiary/aromatic N) is 3. The maximum Gasteiger partial charge on any atom is 0.123 e. The highest BCUT2D eigenvalue weighted by Gasteiger charge is 2.37. The van der Waals surface area contributed by atoms with E-state index in [1.54, 1.807) is 6.07 Å². The number of rotatable bonds is 3. The number of likely N-dealkylation sites (N-methyl/N-ethyl adjacent to an activating group) is 1. The van der Waals surface area contributed by atoms with Gasteiger partial charge in [0.05, 0.1) is 6.04 Å². The number of aromatic hydroxyl groups is 1. The van der Waals surface area contributed by atoms with Crippen molar-refractivity contribution in [2.45, 2.75) is 24.3 Å². The van der Waals surface area contributed by atoms with E-state index in [9.17, 15) is 5.11 Å². The first-order valence-corrected chi connectivity index (χ1v) is 8.60. The van der Waals surface area contributed by atoms with Gasteiger partial charge >= 0.3 is 0 Å². The van der Waals surface area contributed by atoms with Crippen LogP contribution in [0.1, 0.15) is 41.2 Å². The molecule has 0 amide bonds. The van der Waals surface area contributed by atoms with Crippen LogP contribution in [0.3, 0.4) is 0 Å². The summed E-state index contributed by atoms with van der Waals surface area (Å²) in [7, 11) is 2.14. The fourth-order valence-corrected chi connectivity index (χ4v) is 4.00. The van der Waals surface area contributed by atoms with Crippen molar-refractivity contribution in [2.24, 2.45) is 0 Å². The van der Waals surface area contributed by atoms with Crippen molar-refractivity contribution in [1.29, 1.82) is 0 Å². The Labute approximate surface area is 147 Å². The van der Waals surface area contributed by atoms with Gasteiger partial charge in [0.25, 0.3) is 0 Å². The van der Waals surface area contributed by atoms with Gasteiger partial charge in [0.1, 0.15) is 11.6 Å². The van der Waals surface area contributed by atoms with Crippen LogP contribution < -0.4 is 0 Å². The Hall–Kier alpha value is -2.66. The Bertz CT molecular complexity index is 819. The number of aromatic nitrogens is 3. The molecule has 5 nitrogen and oxygen atoms in total. The van der Waals surface area contributed by atoms with Crippen molar-refractivity contribution in [3.05, 3.63) is 78.1 Å². The quantitative estimate of drug-likeness (QED) is 0.770. The van der Waals surface area contributed by atoms with E-state index in [1.807, 2.05) is 36.9 Å². The van der Waals surface area contributed by atoms with E-state index >= 15 is 0 Å². The number of imidazole rings is 1. The second-order valence-electron chi connectivity index (χ2n) is 6.75. The summed E-state index contributed by atoms with van der Waals surface area (Å²) in [5, 5.41) is 9.93. The van der Waals surface area contributed by atoms with Gasteiger partial charge in [-0.05, 0) is 54.8 Å². The fraction of sp³-hybridized carbons (Fsp3) is 0.300. The van der Waals surface area contributed by atoms with Crippen LogP contribution in [0.5, 0.6) is 5.75 Å². The molecule has 1 aliphatic rings. The highest BCUT2D eigenvalue weighted by Crippen LogP contribution is 2.45. The van der Waals surface area contributed by atoms with Crippen LogP contribution in [0, 0.1) is 0 Å². The third kappa shape index (κ3) is 3.15. The standard InChI is InChI=1S/C20H22N4O/c1-24-13-18(15-3-2-4-16(25)11-15)17(14-5-7-21-8-6-14)12-19(24)20-22-9-10-23-20/h2-11,17-19,25H,12-13H2,1H3,(H,22,23). The first-order valence-electron chi connectivity index (χ1n) is 8.60. The monoisotopic (exact) mass is 334 g/mol. The molecular formula is C20H22N4O. The minimum absolute atomic E-state index is 0.252. The van der Waals surface area contributed by atoms with Crippen LogP contribution in [0.2, 0.25) is 0 Å². The molecule has 2 aromatic heterocycles.